The summed E-state index contributed by atoms with van der Waals surface area (Å²) in [6, 6.07) is 2.62. The molecule has 2 rings (SSSR count). The molecule has 0 bridgehead atoms. The van der Waals surface area contributed by atoms with Crippen LogP contribution in [0.25, 0.3) is 11.0 Å². The number of aromatic nitrogens is 2. The van der Waals surface area contributed by atoms with Gasteiger partial charge >= 0.3 is 5.97 Å². The Morgan fingerprint density at radius 3 is 2.81 bits per heavy atom. The molecule has 2 aromatic heterocycles. The summed E-state index contributed by atoms with van der Waals surface area (Å²) in [6.07, 6.45) is 2.65. The lowest BCUT2D eigenvalue weighted by molar-refractivity contribution is -0.137. The molecule has 0 aliphatic rings. The summed E-state index contributed by atoms with van der Waals surface area (Å²) in [7, 11) is -3.82. The average Bonchev–Trinajstić information content (AvgIpc) is 2.81. The highest BCUT2D eigenvalue weighted by atomic mass is 32.2. The van der Waals surface area contributed by atoms with E-state index in [2.05, 4.69) is 14.7 Å². The molecule has 114 valence electrons. The van der Waals surface area contributed by atoms with Crippen molar-refractivity contribution < 1.29 is 18.3 Å². The molecule has 0 aromatic carbocycles. The van der Waals surface area contributed by atoms with Crippen molar-refractivity contribution in [2.75, 3.05) is 0 Å². The monoisotopic (exact) mass is 311 g/mol. The molecule has 1 atom stereocenters. The maximum absolute atomic E-state index is 12.5. The first-order chi connectivity index (χ1) is 9.81. The lowest BCUT2D eigenvalue weighted by Gasteiger charge is -2.20. The molecule has 0 aliphatic carbocycles. The van der Waals surface area contributed by atoms with E-state index in [1.807, 2.05) is 0 Å². The molecule has 0 amide bonds. The van der Waals surface area contributed by atoms with Crippen LogP contribution < -0.4 is 4.72 Å². The van der Waals surface area contributed by atoms with Crippen molar-refractivity contribution in [3.8, 4) is 0 Å². The third-order valence-electron chi connectivity index (χ3n) is 3.21. The number of nitrogens with zero attached hydrogens (tertiary/aromatic N) is 1. The number of rotatable bonds is 6. The van der Waals surface area contributed by atoms with Crippen LogP contribution in [0.2, 0.25) is 0 Å². The van der Waals surface area contributed by atoms with Crippen molar-refractivity contribution in [1.29, 1.82) is 0 Å². The zero-order valence-corrected chi connectivity index (χ0v) is 12.5. The Labute approximate surface area is 122 Å². The number of H-pyrrole nitrogens is 1. The number of fused-ring (bicyclic) bond motifs is 1. The Kier molecular flexibility index (Phi) is 4.29. The number of sulfonamides is 1. The second-order valence-corrected chi connectivity index (χ2v) is 6.80. The highest BCUT2D eigenvalue weighted by Crippen LogP contribution is 2.22. The zero-order valence-electron chi connectivity index (χ0n) is 11.7. The normalized spacial score (nSPS) is 13.7. The van der Waals surface area contributed by atoms with Crippen LogP contribution in [-0.2, 0) is 14.8 Å². The summed E-state index contributed by atoms with van der Waals surface area (Å²) in [5.41, 5.74) is 0.470. The van der Waals surface area contributed by atoms with Gasteiger partial charge in [0, 0.05) is 23.8 Å². The summed E-state index contributed by atoms with van der Waals surface area (Å²) >= 11 is 0. The first kappa shape index (κ1) is 15.5. The summed E-state index contributed by atoms with van der Waals surface area (Å²) < 4.78 is 27.4. The Hall–Kier alpha value is -1.93. The molecule has 3 N–H and O–H groups in total. The van der Waals surface area contributed by atoms with E-state index in [1.54, 1.807) is 32.2 Å². The van der Waals surface area contributed by atoms with Gasteiger partial charge in [-0.25, -0.2) is 18.1 Å². The molecule has 0 saturated heterocycles. The van der Waals surface area contributed by atoms with Crippen LogP contribution in [0.4, 0.5) is 0 Å². The van der Waals surface area contributed by atoms with Crippen molar-refractivity contribution in [2.45, 2.75) is 31.2 Å². The van der Waals surface area contributed by atoms with E-state index in [-0.39, 0.29) is 17.2 Å². The minimum atomic E-state index is -3.82. The second kappa shape index (κ2) is 5.82. The minimum Gasteiger partial charge on any atom is -0.481 e. The molecule has 8 heteroatoms. The van der Waals surface area contributed by atoms with Crippen molar-refractivity contribution in [1.82, 2.24) is 14.7 Å². The Morgan fingerprint density at radius 1 is 1.48 bits per heavy atom. The van der Waals surface area contributed by atoms with Gasteiger partial charge in [-0.05, 0) is 18.1 Å². The van der Waals surface area contributed by atoms with E-state index in [1.165, 1.54) is 6.20 Å². The van der Waals surface area contributed by atoms with Gasteiger partial charge in [-0.1, -0.05) is 13.8 Å². The average molecular weight is 311 g/mol. The molecule has 0 spiro atoms. The molecule has 1 unspecified atom stereocenters. The predicted molar refractivity (Wildman–Crippen MR) is 77.3 cm³/mol. The number of hydrogen-bond acceptors (Lipinski definition) is 4. The van der Waals surface area contributed by atoms with Gasteiger partial charge in [-0.3, -0.25) is 4.79 Å². The number of aromatic amines is 1. The second-order valence-electron chi connectivity index (χ2n) is 5.12. The molecule has 2 heterocycles. The predicted octanol–water partition coefficient (Wildman–Crippen LogP) is 1.34. The summed E-state index contributed by atoms with van der Waals surface area (Å²) in [5.74, 6) is -1.18. The van der Waals surface area contributed by atoms with Gasteiger partial charge in [0.2, 0.25) is 10.0 Å². The highest BCUT2D eigenvalue weighted by molar-refractivity contribution is 7.89. The molecular weight excluding hydrogens is 294 g/mol. The van der Waals surface area contributed by atoms with Gasteiger partial charge in [0.1, 0.15) is 10.5 Å². The summed E-state index contributed by atoms with van der Waals surface area (Å²) in [5, 5.41) is 9.36. The van der Waals surface area contributed by atoms with Crippen LogP contribution in [0.15, 0.2) is 29.4 Å². The largest absolute Gasteiger partial charge is 0.481 e. The fraction of sp³-hybridized carbons (Fsp3) is 0.385. The van der Waals surface area contributed by atoms with Crippen LogP contribution in [0.1, 0.15) is 20.3 Å². The van der Waals surface area contributed by atoms with Gasteiger partial charge in [0.05, 0.1) is 6.42 Å². The number of carboxylic acid groups (broad SMARTS) is 1. The van der Waals surface area contributed by atoms with Crippen LogP contribution in [0.3, 0.4) is 0 Å². The van der Waals surface area contributed by atoms with Crippen LogP contribution in [0.5, 0.6) is 0 Å². The van der Waals surface area contributed by atoms with Gasteiger partial charge in [-0.2, -0.15) is 0 Å². The van der Waals surface area contributed by atoms with E-state index < -0.39 is 22.0 Å². The molecule has 0 saturated carbocycles. The lowest BCUT2D eigenvalue weighted by Crippen LogP contribution is -2.39. The third kappa shape index (κ3) is 3.40. The number of nitrogens with one attached hydrogen (secondary N) is 2. The van der Waals surface area contributed by atoms with Crippen LogP contribution >= 0.6 is 0 Å². The van der Waals surface area contributed by atoms with E-state index in [0.29, 0.717) is 11.0 Å². The highest BCUT2D eigenvalue weighted by Gasteiger charge is 2.26. The van der Waals surface area contributed by atoms with Gasteiger partial charge in [0.25, 0.3) is 0 Å². The maximum atomic E-state index is 12.5. The van der Waals surface area contributed by atoms with Gasteiger partial charge in [-0.15, -0.1) is 0 Å². The smallest absolute Gasteiger partial charge is 0.304 e. The topological polar surface area (TPSA) is 112 Å². The third-order valence-corrected chi connectivity index (χ3v) is 4.74. The van der Waals surface area contributed by atoms with E-state index in [0.717, 1.165) is 0 Å². The molecule has 0 fully saturated rings. The SMILES string of the molecule is CC(C)C(CC(=O)O)NS(=O)(=O)c1c[nH]c2ncccc12. The van der Waals surface area contributed by atoms with Crippen molar-refractivity contribution in [3.05, 3.63) is 24.5 Å². The first-order valence-corrected chi connectivity index (χ1v) is 7.96. The number of pyridine rings is 1. The number of aliphatic carboxylic acids is 1. The maximum Gasteiger partial charge on any atom is 0.304 e. The fourth-order valence-corrected chi connectivity index (χ4v) is 3.57. The molecular formula is C13H17N3O4S. The van der Waals surface area contributed by atoms with Crippen LogP contribution in [0, 0.1) is 5.92 Å². The Balaban J connectivity index is 2.35. The quantitative estimate of drug-likeness (QED) is 0.745. The first-order valence-electron chi connectivity index (χ1n) is 6.47. The van der Waals surface area contributed by atoms with E-state index >= 15 is 0 Å². The van der Waals surface area contributed by atoms with Crippen molar-refractivity contribution in [2.24, 2.45) is 5.92 Å². The van der Waals surface area contributed by atoms with Crippen molar-refractivity contribution in [3.63, 3.8) is 0 Å². The molecule has 0 radical (unpaired) electrons. The van der Waals surface area contributed by atoms with Gasteiger partial charge < -0.3 is 10.1 Å². The van der Waals surface area contributed by atoms with Gasteiger partial charge in [0.15, 0.2) is 0 Å². The number of carboxylic acids is 1. The van der Waals surface area contributed by atoms with E-state index in [9.17, 15) is 13.2 Å². The Bertz CT molecular complexity index is 752. The zero-order chi connectivity index (χ0) is 15.6. The standard InChI is InChI=1S/C13H17N3O4S/c1-8(2)10(6-12(17)18)16-21(19,20)11-7-15-13-9(11)4-3-5-14-13/h3-5,7-8,10,16H,6H2,1-2H3,(H,14,15)(H,17,18). The molecule has 0 aliphatic heterocycles. The van der Waals surface area contributed by atoms with Crippen molar-refractivity contribution >= 4 is 27.0 Å². The number of hydrogen-bond donors (Lipinski definition) is 3. The summed E-state index contributed by atoms with van der Waals surface area (Å²) in [6.45, 7) is 3.54. The Morgan fingerprint density at radius 2 is 2.19 bits per heavy atom. The lowest BCUT2D eigenvalue weighted by atomic mass is 10.0. The molecule has 7 nitrogen and oxygen atoms in total. The molecule has 2 aromatic rings. The van der Waals surface area contributed by atoms with Crippen LogP contribution in [-0.4, -0.2) is 35.5 Å². The molecule has 21 heavy (non-hydrogen) atoms. The number of carbonyl (C=O) groups is 1. The van der Waals surface area contributed by atoms with E-state index in [4.69, 9.17) is 5.11 Å². The summed E-state index contributed by atoms with van der Waals surface area (Å²) in [4.78, 5) is 17.7. The fourth-order valence-electron chi connectivity index (χ4n) is 2.02. The minimum absolute atomic E-state index is 0.0710.